The fourth-order valence-corrected chi connectivity index (χ4v) is 2.78. The summed E-state index contributed by atoms with van der Waals surface area (Å²) >= 11 is 0. The Labute approximate surface area is 132 Å². The third-order valence-corrected chi connectivity index (χ3v) is 4.13. The summed E-state index contributed by atoms with van der Waals surface area (Å²) in [5, 5.41) is 5.09. The SMILES string of the molecule is Cc1ccc(NC(=O)NC(=O)CN2CCC[C@H](C)C2)cc1C. The van der Waals surface area contributed by atoms with E-state index < -0.39 is 6.03 Å². The lowest BCUT2D eigenvalue weighted by molar-refractivity contribution is -0.121. The van der Waals surface area contributed by atoms with Gasteiger partial charge in [-0.15, -0.1) is 0 Å². The summed E-state index contributed by atoms with van der Waals surface area (Å²) < 4.78 is 0. The first kappa shape index (κ1) is 16.5. The van der Waals surface area contributed by atoms with Gasteiger partial charge in [-0.05, 0) is 62.4 Å². The number of carbonyl (C=O) groups excluding carboxylic acids is 2. The van der Waals surface area contributed by atoms with Crippen molar-refractivity contribution in [3.05, 3.63) is 29.3 Å². The number of likely N-dealkylation sites (tertiary alicyclic amines) is 1. The molecule has 0 aliphatic carbocycles. The number of nitrogens with zero attached hydrogens (tertiary/aromatic N) is 1. The number of benzene rings is 1. The van der Waals surface area contributed by atoms with Crippen molar-refractivity contribution in [2.45, 2.75) is 33.6 Å². The number of hydrogen-bond acceptors (Lipinski definition) is 3. The average Bonchev–Trinajstić information content (AvgIpc) is 2.42. The second-order valence-corrected chi connectivity index (χ2v) is 6.28. The standard InChI is InChI=1S/C17H25N3O2/c1-12-5-4-8-20(10-12)11-16(21)19-17(22)18-15-7-6-13(2)14(3)9-15/h6-7,9,12H,4-5,8,10-11H2,1-3H3,(H2,18,19,21,22)/t12-/m0/s1. The van der Waals surface area contributed by atoms with E-state index in [-0.39, 0.29) is 12.5 Å². The van der Waals surface area contributed by atoms with Crippen LogP contribution in [-0.4, -0.2) is 36.5 Å². The van der Waals surface area contributed by atoms with Crippen molar-refractivity contribution >= 4 is 17.6 Å². The van der Waals surface area contributed by atoms with Crippen molar-refractivity contribution in [2.24, 2.45) is 5.92 Å². The first-order chi connectivity index (χ1) is 10.4. The zero-order chi connectivity index (χ0) is 16.1. The molecule has 1 fully saturated rings. The summed E-state index contributed by atoms with van der Waals surface area (Å²) in [6.45, 7) is 8.33. The molecule has 1 saturated heterocycles. The number of piperidine rings is 1. The predicted molar refractivity (Wildman–Crippen MR) is 87.9 cm³/mol. The molecular weight excluding hydrogens is 278 g/mol. The number of nitrogens with one attached hydrogen (secondary N) is 2. The second-order valence-electron chi connectivity index (χ2n) is 6.28. The Morgan fingerprint density at radius 1 is 1.27 bits per heavy atom. The minimum absolute atomic E-state index is 0.254. The third kappa shape index (κ3) is 4.84. The van der Waals surface area contributed by atoms with E-state index in [4.69, 9.17) is 0 Å². The molecule has 1 aromatic rings. The predicted octanol–water partition coefficient (Wildman–Crippen LogP) is 2.68. The maximum absolute atomic E-state index is 11.9. The van der Waals surface area contributed by atoms with E-state index >= 15 is 0 Å². The molecule has 22 heavy (non-hydrogen) atoms. The monoisotopic (exact) mass is 303 g/mol. The fourth-order valence-electron chi connectivity index (χ4n) is 2.78. The Kier molecular flexibility index (Phi) is 5.55. The molecule has 2 rings (SSSR count). The second kappa shape index (κ2) is 7.40. The minimum atomic E-state index is -0.474. The zero-order valence-corrected chi connectivity index (χ0v) is 13.6. The number of imide groups is 1. The molecule has 1 atom stereocenters. The van der Waals surface area contributed by atoms with Gasteiger partial charge in [-0.1, -0.05) is 13.0 Å². The van der Waals surface area contributed by atoms with Gasteiger partial charge >= 0.3 is 6.03 Å². The van der Waals surface area contributed by atoms with Gasteiger partial charge in [0.15, 0.2) is 0 Å². The molecule has 5 heteroatoms. The molecule has 0 spiro atoms. The van der Waals surface area contributed by atoms with Crippen molar-refractivity contribution in [1.82, 2.24) is 10.2 Å². The minimum Gasteiger partial charge on any atom is -0.308 e. The molecule has 5 nitrogen and oxygen atoms in total. The molecule has 1 aliphatic heterocycles. The van der Waals surface area contributed by atoms with Crippen LogP contribution in [0.5, 0.6) is 0 Å². The van der Waals surface area contributed by atoms with Crippen LogP contribution >= 0.6 is 0 Å². The lowest BCUT2D eigenvalue weighted by atomic mass is 10.0. The van der Waals surface area contributed by atoms with Gasteiger partial charge in [-0.2, -0.15) is 0 Å². The molecular formula is C17H25N3O2. The number of aryl methyl sites for hydroxylation is 2. The van der Waals surface area contributed by atoms with Crippen LogP contribution in [0.15, 0.2) is 18.2 Å². The largest absolute Gasteiger partial charge is 0.325 e. The van der Waals surface area contributed by atoms with Crippen LogP contribution in [0.3, 0.4) is 0 Å². The number of carbonyl (C=O) groups is 2. The van der Waals surface area contributed by atoms with Crippen molar-refractivity contribution < 1.29 is 9.59 Å². The molecule has 2 N–H and O–H groups in total. The molecule has 0 aromatic heterocycles. The van der Waals surface area contributed by atoms with Crippen molar-refractivity contribution in [1.29, 1.82) is 0 Å². The number of rotatable bonds is 3. The lowest BCUT2D eigenvalue weighted by Gasteiger charge is -2.29. The highest BCUT2D eigenvalue weighted by Crippen LogP contribution is 2.15. The van der Waals surface area contributed by atoms with E-state index in [1.54, 1.807) is 0 Å². The third-order valence-electron chi connectivity index (χ3n) is 4.13. The Morgan fingerprint density at radius 2 is 2.05 bits per heavy atom. The molecule has 1 heterocycles. The van der Waals surface area contributed by atoms with Crippen molar-refractivity contribution in [3.8, 4) is 0 Å². The van der Waals surface area contributed by atoms with E-state index in [2.05, 4.69) is 22.5 Å². The summed E-state index contributed by atoms with van der Waals surface area (Å²) in [7, 11) is 0. The first-order valence-electron chi connectivity index (χ1n) is 7.84. The Bertz CT molecular complexity index is 557. The van der Waals surface area contributed by atoms with Crippen molar-refractivity contribution in [2.75, 3.05) is 25.0 Å². The van der Waals surface area contributed by atoms with Gasteiger partial charge in [0.2, 0.25) is 5.91 Å². The van der Waals surface area contributed by atoms with E-state index in [9.17, 15) is 9.59 Å². The number of amides is 3. The number of urea groups is 1. The van der Waals surface area contributed by atoms with Gasteiger partial charge in [-0.25, -0.2) is 4.79 Å². The Hall–Kier alpha value is -1.88. The summed E-state index contributed by atoms with van der Waals surface area (Å²) in [5.41, 5.74) is 2.97. The summed E-state index contributed by atoms with van der Waals surface area (Å²) in [6, 6.07) is 5.20. The Balaban J connectivity index is 1.80. The maximum atomic E-state index is 11.9. The smallest absolute Gasteiger partial charge is 0.308 e. The van der Waals surface area contributed by atoms with E-state index in [0.717, 1.165) is 25.1 Å². The van der Waals surface area contributed by atoms with Gasteiger partial charge in [0.1, 0.15) is 0 Å². The van der Waals surface area contributed by atoms with E-state index in [1.807, 2.05) is 32.0 Å². The van der Waals surface area contributed by atoms with Gasteiger partial charge in [0.05, 0.1) is 6.54 Å². The molecule has 1 aliphatic rings. The quantitative estimate of drug-likeness (QED) is 0.902. The maximum Gasteiger partial charge on any atom is 0.325 e. The molecule has 0 unspecified atom stereocenters. The van der Waals surface area contributed by atoms with Gasteiger partial charge in [0, 0.05) is 12.2 Å². The van der Waals surface area contributed by atoms with Crippen LogP contribution in [-0.2, 0) is 4.79 Å². The van der Waals surface area contributed by atoms with E-state index in [1.165, 1.54) is 12.0 Å². The zero-order valence-electron chi connectivity index (χ0n) is 13.6. The summed E-state index contributed by atoms with van der Waals surface area (Å²) in [6.07, 6.45) is 2.33. The molecule has 0 saturated carbocycles. The fraction of sp³-hybridized carbons (Fsp3) is 0.529. The highest BCUT2D eigenvalue weighted by Gasteiger charge is 2.19. The first-order valence-corrected chi connectivity index (χ1v) is 7.84. The van der Waals surface area contributed by atoms with Crippen molar-refractivity contribution in [3.63, 3.8) is 0 Å². The van der Waals surface area contributed by atoms with Crippen LogP contribution in [0.1, 0.15) is 30.9 Å². The van der Waals surface area contributed by atoms with Crippen LogP contribution in [0.4, 0.5) is 10.5 Å². The normalized spacial score (nSPS) is 18.8. The molecule has 0 radical (unpaired) electrons. The van der Waals surface area contributed by atoms with Crippen LogP contribution in [0.25, 0.3) is 0 Å². The van der Waals surface area contributed by atoms with Gasteiger partial charge < -0.3 is 5.32 Å². The lowest BCUT2D eigenvalue weighted by Crippen LogP contribution is -2.44. The highest BCUT2D eigenvalue weighted by atomic mass is 16.2. The van der Waals surface area contributed by atoms with Crippen LogP contribution in [0.2, 0.25) is 0 Å². The van der Waals surface area contributed by atoms with E-state index in [0.29, 0.717) is 11.6 Å². The topological polar surface area (TPSA) is 61.4 Å². The van der Waals surface area contributed by atoms with Crippen LogP contribution < -0.4 is 10.6 Å². The van der Waals surface area contributed by atoms with Crippen LogP contribution in [0, 0.1) is 19.8 Å². The molecule has 3 amide bonds. The molecule has 0 bridgehead atoms. The highest BCUT2D eigenvalue weighted by molar-refractivity contribution is 6.01. The number of anilines is 1. The summed E-state index contributed by atoms with van der Waals surface area (Å²) in [4.78, 5) is 25.9. The molecule has 1 aromatic carbocycles. The number of hydrogen-bond donors (Lipinski definition) is 2. The Morgan fingerprint density at radius 3 is 2.73 bits per heavy atom. The van der Waals surface area contributed by atoms with Gasteiger partial charge in [0.25, 0.3) is 0 Å². The molecule has 120 valence electrons. The summed E-state index contributed by atoms with van der Waals surface area (Å²) in [5.74, 6) is 0.362. The average molecular weight is 303 g/mol. The van der Waals surface area contributed by atoms with Gasteiger partial charge in [-0.3, -0.25) is 15.0 Å².